The third-order valence-corrected chi connectivity index (χ3v) is 4.63. The number of carbonyl (C=O) groups excluding carboxylic acids is 1. The van der Waals surface area contributed by atoms with Crippen molar-refractivity contribution in [2.75, 3.05) is 0 Å². The summed E-state index contributed by atoms with van der Waals surface area (Å²) in [5.74, 6) is 0.288. The molecular formula is C20H25N3O. The summed E-state index contributed by atoms with van der Waals surface area (Å²) in [6, 6.07) is 18.9. The lowest BCUT2D eigenvalue weighted by molar-refractivity contribution is -0.122. The number of amides is 1. The topological polar surface area (TPSA) is 53.2 Å². The van der Waals surface area contributed by atoms with Gasteiger partial charge in [-0.15, -0.1) is 0 Å². The summed E-state index contributed by atoms with van der Waals surface area (Å²) >= 11 is 0. The van der Waals surface area contributed by atoms with Gasteiger partial charge < -0.3 is 5.32 Å². The Morgan fingerprint density at radius 1 is 1.04 bits per heavy atom. The number of carbonyl (C=O) groups is 1. The Labute approximate surface area is 143 Å². The Morgan fingerprint density at radius 2 is 1.75 bits per heavy atom. The van der Waals surface area contributed by atoms with Gasteiger partial charge in [-0.3, -0.25) is 10.2 Å². The van der Waals surface area contributed by atoms with Crippen LogP contribution in [-0.4, -0.2) is 18.1 Å². The van der Waals surface area contributed by atoms with Crippen LogP contribution in [0.5, 0.6) is 0 Å². The molecule has 0 aliphatic carbocycles. The van der Waals surface area contributed by atoms with Crippen molar-refractivity contribution in [2.24, 2.45) is 0 Å². The van der Waals surface area contributed by atoms with Crippen LogP contribution >= 0.6 is 0 Å². The minimum Gasteiger partial charge on any atom is -0.339 e. The van der Waals surface area contributed by atoms with Gasteiger partial charge in [0.1, 0.15) is 6.17 Å². The van der Waals surface area contributed by atoms with Gasteiger partial charge in [-0.2, -0.15) is 0 Å². The van der Waals surface area contributed by atoms with Crippen molar-refractivity contribution in [1.29, 1.82) is 0 Å². The lowest BCUT2D eigenvalue weighted by Crippen LogP contribution is -2.46. The fraction of sp³-hybridized carbons (Fsp3) is 0.350. The summed E-state index contributed by atoms with van der Waals surface area (Å²) in [4.78, 5) is 12.3. The number of rotatable bonds is 5. The largest absolute Gasteiger partial charge is 0.339 e. The van der Waals surface area contributed by atoms with Crippen LogP contribution in [0, 0.1) is 6.92 Å². The van der Waals surface area contributed by atoms with Crippen molar-refractivity contribution in [3.8, 4) is 0 Å². The van der Waals surface area contributed by atoms with Crippen molar-refractivity contribution in [3.05, 3.63) is 71.3 Å². The van der Waals surface area contributed by atoms with Crippen molar-refractivity contribution in [1.82, 2.24) is 16.2 Å². The van der Waals surface area contributed by atoms with Crippen molar-refractivity contribution in [2.45, 2.75) is 44.8 Å². The van der Waals surface area contributed by atoms with Crippen LogP contribution in [0.3, 0.4) is 0 Å². The maximum atomic E-state index is 12.3. The number of hydrazine groups is 1. The zero-order valence-corrected chi connectivity index (χ0v) is 14.3. The van der Waals surface area contributed by atoms with Crippen LogP contribution in [0.1, 0.15) is 36.0 Å². The van der Waals surface area contributed by atoms with Gasteiger partial charge in [-0.05, 0) is 31.4 Å². The van der Waals surface area contributed by atoms with E-state index in [0.717, 1.165) is 6.42 Å². The predicted molar refractivity (Wildman–Crippen MR) is 96.3 cm³/mol. The Balaban J connectivity index is 1.60. The quantitative estimate of drug-likeness (QED) is 0.793. The van der Waals surface area contributed by atoms with E-state index in [2.05, 4.69) is 66.4 Å². The maximum absolute atomic E-state index is 12.3. The molecule has 1 aliphatic rings. The standard InChI is InChI=1S/C20H25N3O/c1-14-8-11-17(12-9-14)19-15(2)22-23-20(19)21-18(24)13-10-16-6-4-3-5-7-16/h3-9,11-12,15,19-20,22-23H,10,13H2,1-2H3,(H,21,24). The summed E-state index contributed by atoms with van der Waals surface area (Å²) < 4.78 is 0. The fourth-order valence-electron chi connectivity index (χ4n) is 3.23. The summed E-state index contributed by atoms with van der Waals surface area (Å²) in [5.41, 5.74) is 10.1. The number of benzene rings is 2. The van der Waals surface area contributed by atoms with Gasteiger partial charge in [-0.1, -0.05) is 60.2 Å². The molecule has 0 bridgehead atoms. The lowest BCUT2D eigenvalue weighted by Gasteiger charge is -2.22. The van der Waals surface area contributed by atoms with Crippen molar-refractivity contribution in [3.63, 3.8) is 0 Å². The normalized spacial score (nSPS) is 23.2. The molecule has 3 unspecified atom stereocenters. The second kappa shape index (κ2) is 7.60. The first-order chi connectivity index (χ1) is 11.6. The molecule has 1 fully saturated rings. The van der Waals surface area contributed by atoms with Gasteiger partial charge in [0.15, 0.2) is 0 Å². The Bertz CT molecular complexity index is 669. The maximum Gasteiger partial charge on any atom is 0.221 e. The Morgan fingerprint density at radius 3 is 2.46 bits per heavy atom. The molecule has 1 heterocycles. The van der Waals surface area contributed by atoms with E-state index in [1.165, 1.54) is 16.7 Å². The summed E-state index contributed by atoms with van der Waals surface area (Å²) in [6.45, 7) is 4.22. The van der Waals surface area contributed by atoms with Gasteiger partial charge in [0, 0.05) is 18.4 Å². The monoisotopic (exact) mass is 323 g/mol. The average molecular weight is 323 g/mol. The number of hydrogen-bond donors (Lipinski definition) is 3. The summed E-state index contributed by atoms with van der Waals surface area (Å²) in [7, 11) is 0. The van der Waals surface area contributed by atoms with Crippen LogP contribution in [-0.2, 0) is 11.2 Å². The predicted octanol–water partition coefficient (Wildman–Crippen LogP) is 2.65. The van der Waals surface area contributed by atoms with E-state index < -0.39 is 0 Å². The lowest BCUT2D eigenvalue weighted by atomic mass is 9.91. The molecule has 2 aromatic carbocycles. The molecule has 1 aliphatic heterocycles. The molecule has 0 saturated carbocycles. The van der Waals surface area contributed by atoms with E-state index in [-0.39, 0.29) is 24.0 Å². The second-order valence-electron chi connectivity index (χ2n) is 6.54. The van der Waals surface area contributed by atoms with Gasteiger partial charge in [0.2, 0.25) is 5.91 Å². The van der Waals surface area contributed by atoms with Gasteiger partial charge in [0.05, 0.1) is 0 Å². The average Bonchev–Trinajstić information content (AvgIpc) is 2.95. The van der Waals surface area contributed by atoms with E-state index >= 15 is 0 Å². The molecule has 0 radical (unpaired) electrons. The second-order valence-corrected chi connectivity index (χ2v) is 6.54. The van der Waals surface area contributed by atoms with E-state index in [9.17, 15) is 4.79 Å². The molecule has 3 atom stereocenters. The molecular weight excluding hydrogens is 298 g/mol. The summed E-state index contributed by atoms with van der Waals surface area (Å²) in [5, 5.41) is 3.13. The molecule has 1 amide bonds. The first-order valence-electron chi connectivity index (χ1n) is 8.54. The highest BCUT2D eigenvalue weighted by Gasteiger charge is 2.34. The molecule has 2 aromatic rings. The molecule has 4 heteroatoms. The molecule has 0 aromatic heterocycles. The Kier molecular flexibility index (Phi) is 5.28. The minimum atomic E-state index is -0.0917. The highest BCUT2D eigenvalue weighted by Crippen LogP contribution is 2.26. The molecule has 1 saturated heterocycles. The Hall–Kier alpha value is -2.17. The van der Waals surface area contributed by atoms with E-state index in [0.29, 0.717) is 6.42 Å². The number of aryl methyl sites for hydroxylation is 2. The van der Waals surface area contributed by atoms with E-state index in [4.69, 9.17) is 0 Å². The zero-order chi connectivity index (χ0) is 16.9. The minimum absolute atomic E-state index is 0.0735. The highest BCUT2D eigenvalue weighted by atomic mass is 16.1. The molecule has 24 heavy (non-hydrogen) atoms. The third kappa shape index (κ3) is 4.02. The first-order valence-corrected chi connectivity index (χ1v) is 8.54. The highest BCUT2D eigenvalue weighted by molar-refractivity contribution is 5.76. The third-order valence-electron chi connectivity index (χ3n) is 4.63. The van der Waals surface area contributed by atoms with Gasteiger partial charge in [-0.25, -0.2) is 5.43 Å². The fourth-order valence-corrected chi connectivity index (χ4v) is 3.23. The van der Waals surface area contributed by atoms with E-state index in [1.54, 1.807) is 0 Å². The molecule has 126 valence electrons. The summed E-state index contributed by atoms with van der Waals surface area (Å²) in [6.07, 6.45) is 1.17. The van der Waals surface area contributed by atoms with Crippen LogP contribution in [0.25, 0.3) is 0 Å². The van der Waals surface area contributed by atoms with Gasteiger partial charge in [0.25, 0.3) is 0 Å². The van der Waals surface area contributed by atoms with E-state index in [1.807, 2.05) is 18.2 Å². The molecule has 4 nitrogen and oxygen atoms in total. The van der Waals surface area contributed by atoms with Crippen LogP contribution in [0.4, 0.5) is 0 Å². The molecule has 3 N–H and O–H groups in total. The van der Waals surface area contributed by atoms with Crippen LogP contribution < -0.4 is 16.2 Å². The van der Waals surface area contributed by atoms with Crippen molar-refractivity contribution >= 4 is 5.91 Å². The molecule has 0 spiro atoms. The SMILES string of the molecule is Cc1ccc(C2C(C)NNC2NC(=O)CCc2ccccc2)cc1. The zero-order valence-electron chi connectivity index (χ0n) is 14.3. The number of nitrogens with one attached hydrogen (secondary N) is 3. The molecule has 3 rings (SSSR count). The first kappa shape index (κ1) is 16.7. The number of hydrogen-bond acceptors (Lipinski definition) is 3. The van der Waals surface area contributed by atoms with Crippen LogP contribution in [0.15, 0.2) is 54.6 Å². The smallest absolute Gasteiger partial charge is 0.221 e. The van der Waals surface area contributed by atoms with Crippen LogP contribution in [0.2, 0.25) is 0 Å². The van der Waals surface area contributed by atoms with Gasteiger partial charge >= 0.3 is 0 Å². The van der Waals surface area contributed by atoms with Crippen molar-refractivity contribution < 1.29 is 4.79 Å².